The van der Waals surface area contributed by atoms with Gasteiger partial charge in [-0.15, -0.1) is 0 Å². The predicted molar refractivity (Wildman–Crippen MR) is 124 cm³/mol. The van der Waals surface area contributed by atoms with Crippen LogP contribution in [-0.2, 0) is 19.6 Å². The van der Waals surface area contributed by atoms with Crippen LogP contribution in [0, 0.1) is 5.92 Å². The molecule has 2 aliphatic heterocycles. The molecule has 0 radical (unpaired) electrons. The second kappa shape index (κ2) is 11.7. The lowest BCUT2D eigenvalue weighted by atomic mass is 9.95. The normalized spacial score (nSPS) is 16.8. The topological polar surface area (TPSA) is 105 Å². The fraction of sp³-hybridized carbons (Fsp3) is 0.652. The van der Waals surface area contributed by atoms with Gasteiger partial charge in [0.15, 0.2) is 11.5 Å². The molecule has 1 aromatic rings. The van der Waals surface area contributed by atoms with Gasteiger partial charge in [-0.2, -0.15) is 0 Å². The van der Waals surface area contributed by atoms with E-state index in [1.165, 1.54) is 12.1 Å². The average Bonchev–Trinajstić information content (AvgIpc) is 3.07. The molecule has 0 aliphatic carbocycles. The van der Waals surface area contributed by atoms with E-state index in [-0.39, 0.29) is 35.6 Å². The van der Waals surface area contributed by atoms with E-state index in [1.54, 1.807) is 15.9 Å². The van der Waals surface area contributed by atoms with Gasteiger partial charge in [0.2, 0.25) is 21.8 Å². The summed E-state index contributed by atoms with van der Waals surface area (Å²) < 4.78 is 38.9. The van der Waals surface area contributed by atoms with E-state index in [1.807, 2.05) is 7.05 Å². The number of carbonyl (C=O) groups is 2. The molecular formula is C23H35N3O6S. The minimum atomic E-state index is -3.78. The van der Waals surface area contributed by atoms with Gasteiger partial charge < -0.3 is 19.3 Å². The van der Waals surface area contributed by atoms with Gasteiger partial charge in [0.25, 0.3) is 0 Å². The third kappa shape index (κ3) is 6.83. The molecule has 33 heavy (non-hydrogen) atoms. The number of sulfonamides is 1. The largest absolute Gasteiger partial charge is 0.490 e. The van der Waals surface area contributed by atoms with E-state index in [0.717, 1.165) is 25.8 Å². The first kappa shape index (κ1) is 25.3. The Morgan fingerprint density at radius 3 is 2.55 bits per heavy atom. The highest BCUT2D eigenvalue weighted by molar-refractivity contribution is 7.89. The molecule has 10 heteroatoms. The van der Waals surface area contributed by atoms with Crippen LogP contribution in [-0.4, -0.2) is 76.5 Å². The van der Waals surface area contributed by atoms with Crippen LogP contribution in [0.2, 0.25) is 0 Å². The SMILES string of the molecule is CCCCN(C)C(=O)C1CCN(C(=O)CCNS(=O)(=O)c2ccc3c(c2)OCCCO3)CC1. The van der Waals surface area contributed by atoms with Crippen LogP contribution >= 0.6 is 0 Å². The quantitative estimate of drug-likeness (QED) is 0.579. The Morgan fingerprint density at radius 1 is 1.15 bits per heavy atom. The van der Waals surface area contributed by atoms with Crippen molar-refractivity contribution in [1.29, 1.82) is 0 Å². The van der Waals surface area contributed by atoms with Gasteiger partial charge in [-0.25, -0.2) is 13.1 Å². The molecule has 2 amide bonds. The van der Waals surface area contributed by atoms with Crippen molar-refractivity contribution in [3.8, 4) is 11.5 Å². The number of likely N-dealkylation sites (tertiary alicyclic amines) is 1. The van der Waals surface area contributed by atoms with E-state index >= 15 is 0 Å². The number of fused-ring (bicyclic) bond motifs is 1. The molecule has 2 aliphatic rings. The molecule has 3 rings (SSSR count). The number of amides is 2. The number of carbonyl (C=O) groups excluding carboxylic acids is 2. The summed E-state index contributed by atoms with van der Waals surface area (Å²) in [6.45, 7) is 4.90. The minimum Gasteiger partial charge on any atom is -0.490 e. The van der Waals surface area contributed by atoms with E-state index in [0.29, 0.717) is 50.6 Å². The lowest BCUT2D eigenvalue weighted by Crippen LogP contribution is -2.44. The van der Waals surface area contributed by atoms with Gasteiger partial charge in [-0.1, -0.05) is 13.3 Å². The van der Waals surface area contributed by atoms with E-state index in [9.17, 15) is 18.0 Å². The first-order chi connectivity index (χ1) is 15.8. The van der Waals surface area contributed by atoms with E-state index in [4.69, 9.17) is 9.47 Å². The van der Waals surface area contributed by atoms with Gasteiger partial charge in [-0.05, 0) is 31.4 Å². The second-order valence-electron chi connectivity index (χ2n) is 8.58. The molecule has 2 heterocycles. The van der Waals surface area contributed by atoms with Crippen LogP contribution in [0.4, 0.5) is 0 Å². The Kier molecular flexibility index (Phi) is 8.96. The molecule has 1 N–H and O–H groups in total. The second-order valence-corrected chi connectivity index (χ2v) is 10.3. The predicted octanol–water partition coefficient (Wildman–Crippen LogP) is 2.01. The molecule has 0 spiro atoms. The van der Waals surface area contributed by atoms with Crippen LogP contribution in [0.1, 0.15) is 45.4 Å². The van der Waals surface area contributed by atoms with E-state index in [2.05, 4.69) is 11.6 Å². The van der Waals surface area contributed by atoms with Crippen molar-refractivity contribution in [1.82, 2.24) is 14.5 Å². The summed E-state index contributed by atoms with van der Waals surface area (Å²) >= 11 is 0. The van der Waals surface area contributed by atoms with Crippen LogP contribution < -0.4 is 14.2 Å². The highest BCUT2D eigenvalue weighted by Crippen LogP contribution is 2.31. The van der Waals surface area contributed by atoms with Crippen molar-refractivity contribution in [3.05, 3.63) is 18.2 Å². The number of ether oxygens (including phenoxy) is 2. The van der Waals surface area contributed by atoms with Gasteiger partial charge in [0.05, 0.1) is 18.1 Å². The van der Waals surface area contributed by atoms with Gasteiger partial charge in [-0.3, -0.25) is 9.59 Å². The summed E-state index contributed by atoms with van der Waals surface area (Å²) in [7, 11) is -1.94. The average molecular weight is 482 g/mol. The molecule has 0 bridgehead atoms. The van der Waals surface area contributed by atoms with Crippen LogP contribution in [0.25, 0.3) is 0 Å². The molecule has 0 saturated carbocycles. The molecule has 1 aromatic carbocycles. The monoisotopic (exact) mass is 481 g/mol. The van der Waals surface area contributed by atoms with Crippen LogP contribution in [0.15, 0.2) is 23.1 Å². The number of benzene rings is 1. The van der Waals surface area contributed by atoms with Gasteiger partial charge >= 0.3 is 0 Å². The van der Waals surface area contributed by atoms with Crippen molar-refractivity contribution in [2.45, 2.75) is 50.3 Å². The molecule has 9 nitrogen and oxygen atoms in total. The Bertz CT molecular complexity index is 928. The molecule has 0 unspecified atom stereocenters. The third-order valence-electron chi connectivity index (χ3n) is 6.08. The Hall–Kier alpha value is -2.33. The maximum atomic E-state index is 12.6. The Labute approximate surface area is 196 Å². The Balaban J connectivity index is 1.45. The van der Waals surface area contributed by atoms with Crippen molar-refractivity contribution in [3.63, 3.8) is 0 Å². The Morgan fingerprint density at radius 2 is 1.85 bits per heavy atom. The van der Waals surface area contributed by atoms with Crippen molar-refractivity contribution < 1.29 is 27.5 Å². The van der Waals surface area contributed by atoms with Gasteiger partial charge in [0.1, 0.15) is 0 Å². The number of unbranched alkanes of at least 4 members (excludes halogenated alkanes) is 1. The highest BCUT2D eigenvalue weighted by atomic mass is 32.2. The summed E-state index contributed by atoms with van der Waals surface area (Å²) in [5.41, 5.74) is 0. The summed E-state index contributed by atoms with van der Waals surface area (Å²) in [5, 5.41) is 0. The molecule has 0 aromatic heterocycles. The van der Waals surface area contributed by atoms with Crippen molar-refractivity contribution in [2.24, 2.45) is 5.92 Å². The molecular weight excluding hydrogens is 446 g/mol. The van der Waals surface area contributed by atoms with Crippen molar-refractivity contribution >= 4 is 21.8 Å². The highest BCUT2D eigenvalue weighted by Gasteiger charge is 2.29. The maximum absolute atomic E-state index is 12.6. The standard InChI is InChI=1S/C23H35N3O6S/c1-3-4-12-25(2)23(28)18-9-13-26(14-10-18)22(27)8-11-24-33(29,30)19-6-7-20-21(17-19)32-16-5-15-31-20/h6-7,17-18,24H,3-5,8-16H2,1-2H3. The zero-order valence-corrected chi connectivity index (χ0v) is 20.4. The third-order valence-corrected chi connectivity index (χ3v) is 7.54. The number of rotatable bonds is 9. The summed E-state index contributed by atoms with van der Waals surface area (Å²) in [4.78, 5) is 28.7. The van der Waals surface area contributed by atoms with Crippen LogP contribution in [0.5, 0.6) is 11.5 Å². The smallest absolute Gasteiger partial charge is 0.240 e. The number of nitrogens with one attached hydrogen (secondary N) is 1. The molecule has 1 saturated heterocycles. The fourth-order valence-electron chi connectivity index (χ4n) is 4.04. The number of hydrogen-bond acceptors (Lipinski definition) is 6. The first-order valence-electron chi connectivity index (χ1n) is 11.7. The zero-order chi connectivity index (χ0) is 23.8. The first-order valence-corrected chi connectivity index (χ1v) is 13.2. The minimum absolute atomic E-state index is 0.00816. The lowest BCUT2D eigenvalue weighted by molar-refractivity contribution is -0.139. The fourth-order valence-corrected chi connectivity index (χ4v) is 5.08. The zero-order valence-electron chi connectivity index (χ0n) is 19.5. The summed E-state index contributed by atoms with van der Waals surface area (Å²) in [5.74, 6) is 0.929. The van der Waals surface area contributed by atoms with E-state index < -0.39 is 10.0 Å². The molecule has 184 valence electrons. The van der Waals surface area contributed by atoms with Crippen molar-refractivity contribution in [2.75, 3.05) is 46.4 Å². The number of nitrogens with zero attached hydrogens (tertiary/aromatic N) is 2. The maximum Gasteiger partial charge on any atom is 0.240 e. The molecule has 0 atom stereocenters. The number of piperidine rings is 1. The summed E-state index contributed by atoms with van der Waals surface area (Å²) in [6, 6.07) is 4.51. The van der Waals surface area contributed by atoms with Crippen LogP contribution in [0.3, 0.4) is 0 Å². The lowest BCUT2D eigenvalue weighted by Gasteiger charge is -2.33. The summed E-state index contributed by atoms with van der Waals surface area (Å²) in [6.07, 6.45) is 4.12. The van der Waals surface area contributed by atoms with Gasteiger partial charge in [0, 0.05) is 58.1 Å². The number of hydrogen-bond donors (Lipinski definition) is 1. The molecule has 1 fully saturated rings.